The van der Waals surface area contributed by atoms with Gasteiger partial charge in [0.25, 0.3) is 0 Å². The standard InChI is InChI=1S/C12H18O/c1-7-10(8(2)13)5-9-6-11(7)12(9,3)4/h9-11H,1,5-6H2,2-4H3/t9-,10-,11-/m1/s1. The average Bonchev–Trinajstić information content (AvgIpc) is 2.02. The molecule has 3 atom stereocenters. The summed E-state index contributed by atoms with van der Waals surface area (Å²) in [4.78, 5) is 11.3. The molecule has 0 amide bonds. The third-order valence-corrected chi connectivity index (χ3v) is 4.38. The van der Waals surface area contributed by atoms with Gasteiger partial charge in [-0.3, -0.25) is 4.79 Å². The fourth-order valence-electron chi connectivity index (χ4n) is 3.15. The van der Waals surface area contributed by atoms with Crippen molar-refractivity contribution in [1.29, 1.82) is 0 Å². The second-order valence-corrected chi connectivity index (χ2v) is 5.28. The monoisotopic (exact) mass is 178 g/mol. The molecule has 0 aromatic carbocycles. The van der Waals surface area contributed by atoms with E-state index in [2.05, 4.69) is 20.4 Å². The van der Waals surface area contributed by atoms with E-state index >= 15 is 0 Å². The Bertz CT molecular complexity index is 275. The Labute approximate surface area is 80.2 Å². The largest absolute Gasteiger partial charge is 0.299 e. The van der Waals surface area contributed by atoms with Crippen molar-refractivity contribution >= 4 is 5.78 Å². The molecule has 0 saturated heterocycles. The molecule has 0 heterocycles. The van der Waals surface area contributed by atoms with Crippen molar-refractivity contribution in [1.82, 2.24) is 0 Å². The van der Waals surface area contributed by atoms with Gasteiger partial charge >= 0.3 is 0 Å². The molecule has 0 N–H and O–H groups in total. The van der Waals surface area contributed by atoms with Crippen LogP contribution in [0, 0.1) is 23.2 Å². The van der Waals surface area contributed by atoms with Gasteiger partial charge in [0.1, 0.15) is 5.78 Å². The van der Waals surface area contributed by atoms with E-state index in [1.54, 1.807) is 6.92 Å². The highest BCUT2D eigenvalue weighted by molar-refractivity contribution is 5.81. The zero-order valence-electron chi connectivity index (χ0n) is 8.76. The minimum absolute atomic E-state index is 0.178. The Kier molecular flexibility index (Phi) is 1.70. The van der Waals surface area contributed by atoms with Gasteiger partial charge in [-0.25, -0.2) is 0 Å². The normalized spacial score (nSPS) is 41.2. The molecule has 13 heavy (non-hydrogen) atoms. The second-order valence-electron chi connectivity index (χ2n) is 5.28. The van der Waals surface area contributed by atoms with E-state index in [0.29, 0.717) is 17.1 Å². The van der Waals surface area contributed by atoms with E-state index in [4.69, 9.17) is 0 Å². The number of allylic oxidation sites excluding steroid dienone is 1. The molecule has 3 rings (SSSR count). The third-order valence-electron chi connectivity index (χ3n) is 4.38. The summed E-state index contributed by atoms with van der Waals surface area (Å²) in [6.45, 7) is 10.4. The lowest BCUT2D eigenvalue weighted by Gasteiger charge is -2.59. The molecular formula is C12H18O. The zero-order valence-corrected chi connectivity index (χ0v) is 8.76. The molecule has 0 aromatic rings. The number of ketones is 1. The van der Waals surface area contributed by atoms with E-state index in [0.717, 1.165) is 12.3 Å². The van der Waals surface area contributed by atoms with Gasteiger partial charge in [0.15, 0.2) is 0 Å². The lowest BCUT2D eigenvalue weighted by atomic mass is 9.45. The fourth-order valence-corrected chi connectivity index (χ4v) is 3.15. The minimum Gasteiger partial charge on any atom is -0.299 e. The number of rotatable bonds is 1. The first kappa shape index (κ1) is 8.98. The Balaban J connectivity index is 2.21. The van der Waals surface area contributed by atoms with Crippen LogP contribution in [-0.2, 0) is 4.79 Å². The number of hydrogen-bond donors (Lipinski definition) is 0. The van der Waals surface area contributed by atoms with Gasteiger partial charge < -0.3 is 0 Å². The molecule has 72 valence electrons. The highest BCUT2D eigenvalue weighted by atomic mass is 16.1. The van der Waals surface area contributed by atoms with Crippen LogP contribution in [0.3, 0.4) is 0 Å². The van der Waals surface area contributed by atoms with Crippen LogP contribution in [0.1, 0.15) is 33.6 Å². The summed E-state index contributed by atoms with van der Waals surface area (Å²) >= 11 is 0. The quantitative estimate of drug-likeness (QED) is 0.564. The smallest absolute Gasteiger partial charge is 0.136 e. The molecule has 1 heteroatoms. The summed E-state index contributed by atoms with van der Waals surface area (Å²) in [6.07, 6.45) is 2.33. The van der Waals surface area contributed by atoms with E-state index in [1.807, 2.05) is 0 Å². The van der Waals surface area contributed by atoms with Gasteiger partial charge in [0.05, 0.1) is 0 Å². The molecule has 1 nitrogen and oxygen atoms in total. The highest BCUT2D eigenvalue weighted by Gasteiger charge is 2.55. The van der Waals surface area contributed by atoms with Crippen LogP contribution < -0.4 is 0 Å². The highest BCUT2D eigenvalue weighted by Crippen LogP contribution is 2.62. The number of carbonyl (C=O) groups is 1. The summed E-state index contributed by atoms with van der Waals surface area (Å²) < 4.78 is 0. The van der Waals surface area contributed by atoms with Gasteiger partial charge in [0.2, 0.25) is 0 Å². The SMILES string of the molecule is C=C1[C@H](C(C)=O)C[C@@H]2C[C@H]1C2(C)C. The number of carbonyl (C=O) groups excluding carboxylic acids is 1. The maximum atomic E-state index is 11.3. The minimum atomic E-state index is 0.178. The first-order chi connectivity index (χ1) is 5.94. The molecule has 3 aliphatic rings. The van der Waals surface area contributed by atoms with Crippen LogP contribution in [0.5, 0.6) is 0 Å². The van der Waals surface area contributed by atoms with Crippen LogP contribution in [0.25, 0.3) is 0 Å². The van der Waals surface area contributed by atoms with Crippen LogP contribution in [0.15, 0.2) is 12.2 Å². The van der Waals surface area contributed by atoms with Gasteiger partial charge in [0, 0.05) is 5.92 Å². The van der Waals surface area contributed by atoms with Crippen molar-refractivity contribution in [3.05, 3.63) is 12.2 Å². The summed E-state index contributed by atoms with van der Waals surface area (Å²) in [5, 5.41) is 0. The summed E-state index contributed by atoms with van der Waals surface area (Å²) in [7, 11) is 0. The maximum Gasteiger partial charge on any atom is 0.136 e. The average molecular weight is 178 g/mol. The van der Waals surface area contributed by atoms with Crippen LogP contribution in [-0.4, -0.2) is 5.78 Å². The van der Waals surface area contributed by atoms with Crippen molar-refractivity contribution in [2.24, 2.45) is 23.2 Å². The molecule has 0 aliphatic heterocycles. The van der Waals surface area contributed by atoms with Crippen LogP contribution in [0.4, 0.5) is 0 Å². The third kappa shape index (κ3) is 1.02. The van der Waals surface area contributed by atoms with Crippen molar-refractivity contribution in [2.75, 3.05) is 0 Å². The van der Waals surface area contributed by atoms with Gasteiger partial charge in [-0.2, -0.15) is 0 Å². The Morgan fingerprint density at radius 1 is 1.46 bits per heavy atom. The second kappa shape index (κ2) is 2.46. The van der Waals surface area contributed by atoms with Crippen molar-refractivity contribution in [3.8, 4) is 0 Å². The number of hydrogen-bond acceptors (Lipinski definition) is 1. The van der Waals surface area contributed by atoms with Crippen LogP contribution >= 0.6 is 0 Å². The lowest BCUT2D eigenvalue weighted by molar-refractivity contribution is -0.126. The Morgan fingerprint density at radius 3 is 2.46 bits per heavy atom. The topological polar surface area (TPSA) is 17.1 Å². The summed E-state index contributed by atoms with van der Waals surface area (Å²) in [6, 6.07) is 0. The molecule has 2 bridgehead atoms. The zero-order chi connectivity index (χ0) is 9.80. The molecule has 3 saturated carbocycles. The Hall–Kier alpha value is -0.590. The van der Waals surface area contributed by atoms with E-state index in [1.165, 1.54) is 12.0 Å². The van der Waals surface area contributed by atoms with Gasteiger partial charge in [-0.1, -0.05) is 26.0 Å². The van der Waals surface area contributed by atoms with E-state index in [-0.39, 0.29) is 5.92 Å². The van der Waals surface area contributed by atoms with Crippen molar-refractivity contribution in [2.45, 2.75) is 33.6 Å². The molecule has 3 fully saturated rings. The van der Waals surface area contributed by atoms with E-state index in [9.17, 15) is 4.79 Å². The van der Waals surface area contributed by atoms with Gasteiger partial charge in [-0.05, 0) is 37.0 Å². The molecule has 0 unspecified atom stereocenters. The molecule has 3 aliphatic carbocycles. The predicted octanol–water partition coefficient (Wildman–Crippen LogP) is 2.81. The van der Waals surface area contributed by atoms with Gasteiger partial charge in [-0.15, -0.1) is 0 Å². The van der Waals surface area contributed by atoms with Crippen molar-refractivity contribution in [3.63, 3.8) is 0 Å². The predicted molar refractivity (Wildman–Crippen MR) is 53.3 cm³/mol. The Morgan fingerprint density at radius 2 is 2.08 bits per heavy atom. The molecule has 0 radical (unpaired) electrons. The van der Waals surface area contributed by atoms with Crippen molar-refractivity contribution < 1.29 is 4.79 Å². The maximum absolute atomic E-state index is 11.3. The number of fused-ring (bicyclic) bond motifs is 2. The van der Waals surface area contributed by atoms with Crippen LogP contribution in [0.2, 0.25) is 0 Å². The molecular weight excluding hydrogens is 160 g/mol. The number of Topliss-reactive ketones (excluding diaryl/α,β-unsaturated/α-hetero) is 1. The lowest BCUT2D eigenvalue weighted by Crippen LogP contribution is -2.52. The van der Waals surface area contributed by atoms with E-state index < -0.39 is 0 Å². The first-order valence-corrected chi connectivity index (χ1v) is 5.13. The summed E-state index contributed by atoms with van der Waals surface area (Å²) in [5.41, 5.74) is 1.63. The first-order valence-electron chi connectivity index (χ1n) is 5.13. The summed E-state index contributed by atoms with van der Waals surface area (Å²) in [5.74, 6) is 1.86. The molecule has 0 spiro atoms. The molecule has 0 aromatic heterocycles. The fraction of sp³-hybridized carbons (Fsp3) is 0.750.